The Morgan fingerprint density at radius 3 is 2.50 bits per heavy atom. The molecule has 0 amide bonds. The van der Waals surface area contributed by atoms with Crippen molar-refractivity contribution in [3.63, 3.8) is 0 Å². The molecule has 1 heterocycles. The first-order chi connectivity index (χ1) is 11.2. The monoisotopic (exact) mass is 445 g/mol. The summed E-state index contributed by atoms with van der Waals surface area (Å²) >= 11 is 0. The van der Waals surface area contributed by atoms with Crippen LogP contribution in [0.1, 0.15) is 44.6 Å². The highest BCUT2D eigenvalue weighted by Gasteiger charge is 2.26. The summed E-state index contributed by atoms with van der Waals surface area (Å²) in [6.07, 6.45) is 3.61. The second-order valence-electron chi connectivity index (χ2n) is 6.32. The summed E-state index contributed by atoms with van der Waals surface area (Å²) in [5.41, 5.74) is 1.39. The molecule has 1 aromatic rings. The molecule has 0 saturated carbocycles. The molecule has 1 N–H and O–H groups in total. The van der Waals surface area contributed by atoms with Crippen LogP contribution in [0.15, 0.2) is 29.3 Å². The molecule has 0 aromatic heterocycles. The van der Waals surface area contributed by atoms with Gasteiger partial charge in [-0.15, -0.1) is 24.0 Å². The summed E-state index contributed by atoms with van der Waals surface area (Å²) in [5.74, 6) is 3.28. The third kappa shape index (κ3) is 5.53. The van der Waals surface area contributed by atoms with E-state index in [9.17, 15) is 0 Å². The van der Waals surface area contributed by atoms with E-state index in [1.165, 1.54) is 24.8 Å². The summed E-state index contributed by atoms with van der Waals surface area (Å²) < 4.78 is 5.24. The molecule has 5 heteroatoms. The lowest BCUT2D eigenvalue weighted by Crippen LogP contribution is -2.41. The Morgan fingerprint density at radius 1 is 1.29 bits per heavy atom. The van der Waals surface area contributed by atoms with Gasteiger partial charge in [-0.1, -0.05) is 38.8 Å². The summed E-state index contributed by atoms with van der Waals surface area (Å²) in [6, 6.07) is 8.48. The lowest BCUT2D eigenvalue weighted by atomic mass is 9.98. The molecule has 1 fully saturated rings. The number of methoxy groups -OCH3 is 1. The second kappa shape index (κ2) is 10.8. The average molecular weight is 445 g/mol. The summed E-state index contributed by atoms with van der Waals surface area (Å²) in [5, 5.41) is 3.56. The van der Waals surface area contributed by atoms with Gasteiger partial charge in [0.25, 0.3) is 0 Å². The first kappa shape index (κ1) is 21.1. The van der Waals surface area contributed by atoms with Crippen molar-refractivity contribution in [2.75, 3.05) is 33.8 Å². The number of hydrogen-bond donors (Lipinski definition) is 1. The van der Waals surface area contributed by atoms with E-state index in [4.69, 9.17) is 4.74 Å². The number of rotatable bonds is 6. The van der Waals surface area contributed by atoms with Crippen LogP contribution in [0.25, 0.3) is 0 Å². The van der Waals surface area contributed by atoms with Crippen molar-refractivity contribution in [3.05, 3.63) is 29.8 Å². The molecule has 2 rings (SSSR count). The van der Waals surface area contributed by atoms with Gasteiger partial charge in [-0.05, 0) is 30.0 Å². The van der Waals surface area contributed by atoms with Crippen LogP contribution in [0.2, 0.25) is 0 Å². The van der Waals surface area contributed by atoms with Crippen molar-refractivity contribution >= 4 is 29.9 Å². The van der Waals surface area contributed by atoms with Gasteiger partial charge in [0.05, 0.1) is 7.11 Å². The number of benzene rings is 1. The topological polar surface area (TPSA) is 36.9 Å². The Kier molecular flexibility index (Phi) is 9.48. The third-order valence-corrected chi connectivity index (χ3v) is 4.99. The van der Waals surface area contributed by atoms with E-state index < -0.39 is 0 Å². The molecule has 0 bridgehead atoms. The van der Waals surface area contributed by atoms with Crippen LogP contribution in [-0.4, -0.2) is 44.7 Å². The van der Waals surface area contributed by atoms with Crippen molar-refractivity contribution in [1.29, 1.82) is 0 Å². The molecule has 1 aliphatic rings. The molecule has 1 saturated heterocycles. The molecule has 1 aromatic carbocycles. The summed E-state index contributed by atoms with van der Waals surface area (Å²) in [4.78, 5) is 6.86. The third-order valence-electron chi connectivity index (χ3n) is 4.99. The maximum Gasteiger partial charge on any atom is 0.193 e. The van der Waals surface area contributed by atoms with Gasteiger partial charge in [0.15, 0.2) is 5.96 Å². The van der Waals surface area contributed by atoms with Crippen LogP contribution < -0.4 is 10.1 Å². The zero-order valence-electron chi connectivity index (χ0n) is 15.4. The lowest BCUT2D eigenvalue weighted by Gasteiger charge is -2.24. The smallest absolute Gasteiger partial charge is 0.193 e. The van der Waals surface area contributed by atoms with Crippen LogP contribution in [0.4, 0.5) is 0 Å². The number of aliphatic imine (C=N–C) groups is 1. The standard InChI is InChI=1S/C19H31N3O.HI/c1-5-15(6-2)13-21-19(20-3)22-12-11-17(14-22)16-7-9-18(23-4)10-8-16;/h7-10,15,17H,5-6,11-14H2,1-4H3,(H,20,21);1H. The Labute approximate surface area is 164 Å². The van der Waals surface area contributed by atoms with Crippen molar-refractivity contribution in [2.24, 2.45) is 10.9 Å². The Bertz CT molecular complexity index is 500. The van der Waals surface area contributed by atoms with Gasteiger partial charge in [0.2, 0.25) is 0 Å². The molecule has 1 aliphatic heterocycles. The predicted molar refractivity (Wildman–Crippen MR) is 113 cm³/mol. The molecular formula is C19H32IN3O. The largest absolute Gasteiger partial charge is 0.497 e. The van der Waals surface area contributed by atoms with Crippen LogP contribution in [0.5, 0.6) is 5.75 Å². The van der Waals surface area contributed by atoms with E-state index >= 15 is 0 Å². The summed E-state index contributed by atoms with van der Waals surface area (Å²) in [7, 11) is 3.60. The normalized spacial score (nSPS) is 17.8. The molecule has 0 radical (unpaired) electrons. The zero-order valence-corrected chi connectivity index (χ0v) is 17.7. The number of ether oxygens (including phenoxy) is 1. The predicted octanol–water partition coefficient (Wildman–Crippen LogP) is 4.11. The van der Waals surface area contributed by atoms with Gasteiger partial charge in [0, 0.05) is 32.6 Å². The van der Waals surface area contributed by atoms with E-state index in [-0.39, 0.29) is 24.0 Å². The number of hydrogen-bond acceptors (Lipinski definition) is 2. The van der Waals surface area contributed by atoms with E-state index in [0.717, 1.165) is 37.3 Å². The van der Waals surface area contributed by atoms with Crippen LogP contribution in [0, 0.1) is 5.92 Å². The fraction of sp³-hybridized carbons (Fsp3) is 0.632. The zero-order chi connectivity index (χ0) is 16.7. The highest BCUT2D eigenvalue weighted by molar-refractivity contribution is 14.0. The Morgan fingerprint density at radius 2 is 1.96 bits per heavy atom. The Balaban J connectivity index is 0.00000288. The number of likely N-dealkylation sites (tertiary alicyclic amines) is 1. The van der Waals surface area contributed by atoms with Crippen molar-refractivity contribution in [1.82, 2.24) is 10.2 Å². The SMILES string of the molecule is CCC(CC)CNC(=NC)N1CCC(c2ccc(OC)cc2)C1.I. The highest BCUT2D eigenvalue weighted by atomic mass is 127. The van der Waals surface area contributed by atoms with Gasteiger partial charge < -0.3 is 15.0 Å². The molecule has 4 nitrogen and oxygen atoms in total. The molecule has 24 heavy (non-hydrogen) atoms. The van der Waals surface area contributed by atoms with Gasteiger partial charge in [0.1, 0.15) is 5.75 Å². The minimum atomic E-state index is 0. The first-order valence-electron chi connectivity index (χ1n) is 8.81. The highest BCUT2D eigenvalue weighted by Crippen LogP contribution is 2.28. The van der Waals surface area contributed by atoms with Gasteiger partial charge >= 0.3 is 0 Å². The van der Waals surface area contributed by atoms with E-state index in [0.29, 0.717) is 5.92 Å². The van der Waals surface area contributed by atoms with Gasteiger partial charge in [-0.2, -0.15) is 0 Å². The van der Waals surface area contributed by atoms with Crippen molar-refractivity contribution in [2.45, 2.75) is 39.0 Å². The molecular weight excluding hydrogens is 413 g/mol. The maximum absolute atomic E-state index is 5.24. The number of guanidine groups is 1. The molecule has 136 valence electrons. The molecule has 1 unspecified atom stereocenters. The summed E-state index contributed by atoms with van der Waals surface area (Å²) in [6.45, 7) is 7.64. The second-order valence-corrected chi connectivity index (χ2v) is 6.32. The molecule has 1 atom stereocenters. The van der Waals surface area contributed by atoms with Crippen molar-refractivity contribution < 1.29 is 4.74 Å². The quantitative estimate of drug-likeness (QED) is 0.407. The van der Waals surface area contributed by atoms with Crippen molar-refractivity contribution in [3.8, 4) is 5.75 Å². The minimum Gasteiger partial charge on any atom is -0.497 e. The van der Waals surface area contributed by atoms with Gasteiger partial charge in [-0.25, -0.2) is 0 Å². The van der Waals surface area contributed by atoms with Gasteiger partial charge in [-0.3, -0.25) is 4.99 Å². The van der Waals surface area contributed by atoms with Crippen LogP contribution in [0.3, 0.4) is 0 Å². The minimum absolute atomic E-state index is 0. The number of nitrogens with zero attached hydrogens (tertiary/aromatic N) is 2. The molecule has 0 spiro atoms. The number of halogens is 1. The van der Waals surface area contributed by atoms with Crippen LogP contribution >= 0.6 is 24.0 Å². The van der Waals surface area contributed by atoms with E-state index in [2.05, 4.69) is 53.3 Å². The first-order valence-corrected chi connectivity index (χ1v) is 8.81. The maximum atomic E-state index is 5.24. The van der Waals surface area contributed by atoms with E-state index in [1.807, 2.05) is 7.05 Å². The fourth-order valence-electron chi connectivity index (χ4n) is 3.25. The average Bonchev–Trinajstić information content (AvgIpc) is 3.09. The Hall–Kier alpha value is -0.980. The lowest BCUT2D eigenvalue weighted by molar-refractivity contribution is 0.414. The number of nitrogens with one attached hydrogen (secondary N) is 1. The fourth-order valence-corrected chi connectivity index (χ4v) is 3.25. The van der Waals surface area contributed by atoms with Crippen LogP contribution in [-0.2, 0) is 0 Å². The van der Waals surface area contributed by atoms with E-state index in [1.54, 1.807) is 7.11 Å². The molecule has 0 aliphatic carbocycles.